The molecule has 2 N–H and O–H groups in total. The number of hydrogen-bond donors (Lipinski definition) is 2. The Morgan fingerprint density at radius 3 is 2.53 bits per heavy atom. The number of piperazine rings is 1. The van der Waals surface area contributed by atoms with Crippen LogP contribution < -0.4 is 15.0 Å². The van der Waals surface area contributed by atoms with Gasteiger partial charge in [0.2, 0.25) is 5.01 Å². The number of phenols is 1. The first-order chi connectivity index (χ1) is 14.6. The van der Waals surface area contributed by atoms with Crippen molar-refractivity contribution in [1.82, 2.24) is 15.1 Å². The molecule has 4 rings (SSSR count). The molecule has 1 saturated heterocycles. The number of amides is 1. The Labute approximate surface area is 178 Å². The van der Waals surface area contributed by atoms with E-state index in [0.29, 0.717) is 23.0 Å². The number of anilines is 2. The molecular weight excluding hydrogens is 402 g/mol. The molecule has 156 valence electrons. The summed E-state index contributed by atoms with van der Waals surface area (Å²) in [6.07, 6.45) is 0. The van der Waals surface area contributed by atoms with Crippen molar-refractivity contribution in [1.29, 1.82) is 0 Å². The van der Waals surface area contributed by atoms with E-state index in [4.69, 9.17) is 4.74 Å². The van der Waals surface area contributed by atoms with E-state index in [1.54, 1.807) is 37.4 Å². The predicted octanol–water partition coefficient (Wildman–Crippen LogP) is 2.83. The molecule has 0 atom stereocenters. The lowest BCUT2D eigenvalue weighted by Gasteiger charge is -2.35. The largest absolute Gasteiger partial charge is 0.506 e. The first-order valence-electron chi connectivity index (χ1n) is 9.65. The van der Waals surface area contributed by atoms with Crippen molar-refractivity contribution in [2.75, 3.05) is 43.5 Å². The van der Waals surface area contributed by atoms with Crippen molar-refractivity contribution in [2.45, 2.75) is 6.54 Å². The number of nitrogens with zero attached hydrogens (tertiary/aromatic N) is 4. The summed E-state index contributed by atoms with van der Waals surface area (Å²) >= 11 is 1.31. The number of rotatable bonds is 6. The number of nitrogens with one attached hydrogen (secondary N) is 1. The molecule has 0 bridgehead atoms. The van der Waals surface area contributed by atoms with Crippen molar-refractivity contribution in [3.8, 4) is 11.5 Å². The smallest absolute Gasteiger partial charge is 0.286 e. The molecule has 1 aliphatic heterocycles. The summed E-state index contributed by atoms with van der Waals surface area (Å²) in [6.45, 7) is 3.99. The van der Waals surface area contributed by atoms with Gasteiger partial charge in [0, 0.05) is 31.9 Å². The first kappa shape index (κ1) is 20.1. The molecule has 2 aromatic carbocycles. The van der Waals surface area contributed by atoms with Crippen LogP contribution in [-0.2, 0) is 6.54 Å². The van der Waals surface area contributed by atoms with E-state index in [-0.39, 0.29) is 5.91 Å². The molecule has 0 radical (unpaired) electrons. The number of para-hydroxylation sites is 2. The molecule has 2 heterocycles. The number of hydrogen-bond acceptors (Lipinski definition) is 8. The van der Waals surface area contributed by atoms with Gasteiger partial charge in [-0.2, -0.15) is 0 Å². The number of ether oxygens (including phenoxy) is 1. The van der Waals surface area contributed by atoms with E-state index in [0.717, 1.165) is 42.6 Å². The summed E-state index contributed by atoms with van der Waals surface area (Å²) < 4.78 is 5.12. The molecule has 0 spiro atoms. The minimum atomic E-state index is -0.270. The summed E-state index contributed by atoms with van der Waals surface area (Å²) in [4.78, 5) is 16.9. The van der Waals surface area contributed by atoms with Crippen LogP contribution in [0.15, 0.2) is 48.5 Å². The van der Waals surface area contributed by atoms with E-state index < -0.39 is 0 Å². The molecule has 1 aromatic heterocycles. The molecule has 1 fully saturated rings. The minimum Gasteiger partial charge on any atom is -0.506 e. The molecule has 0 saturated carbocycles. The first-order valence-corrected chi connectivity index (χ1v) is 10.5. The Morgan fingerprint density at radius 2 is 1.83 bits per heavy atom. The van der Waals surface area contributed by atoms with Gasteiger partial charge in [-0.1, -0.05) is 23.5 Å². The van der Waals surface area contributed by atoms with Gasteiger partial charge in [-0.15, -0.1) is 10.2 Å². The Balaban J connectivity index is 1.30. The molecule has 9 heteroatoms. The Bertz CT molecular complexity index is 1000. The number of phenolic OH excluding ortho intramolecular Hbond substituents is 1. The lowest BCUT2D eigenvalue weighted by atomic mass is 10.2. The molecule has 30 heavy (non-hydrogen) atoms. The number of aromatic hydroxyl groups is 1. The van der Waals surface area contributed by atoms with E-state index in [1.807, 2.05) is 18.2 Å². The van der Waals surface area contributed by atoms with E-state index >= 15 is 0 Å². The summed E-state index contributed by atoms with van der Waals surface area (Å²) in [6, 6.07) is 14.5. The second-order valence-corrected chi connectivity index (χ2v) is 8.00. The van der Waals surface area contributed by atoms with Gasteiger partial charge in [0.15, 0.2) is 0 Å². The average molecular weight is 426 g/mol. The maximum Gasteiger partial charge on any atom is 0.286 e. The fraction of sp³-hybridized carbons (Fsp3) is 0.286. The highest BCUT2D eigenvalue weighted by molar-refractivity contribution is 7.13. The standard InChI is InChI=1S/C21H23N5O3S/c1-29-16-8-6-15(7-9-16)22-20(28)21-24-23-19(30-21)14-25-10-12-26(13-11-25)17-4-2-3-5-18(17)27/h2-9,27H,10-14H2,1H3,(H,22,28). The van der Waals surface area contributed by atoms with Crippen molar-refractivity contribution < 1.29 is 14.6 Å². The number of methoxy groups -OCH3 is 1. The number of carbonyl (C=O) groups excluding carboxylic acids is 1. The topological polar surface area (TPSA) is 90.8 Å². The van der Waals surface area contributed by atoms with Crippen molar-refractivity contribution in [3.63, 3.8) is 0 Å². The SMILES string of the molecule is COc1ccc(NC(=O)c2nnc(CN3CCN(c4ccccc4O)CC3)s2)cc1. The van der Waals surface area contributed by atoms with Crippen molar-refractivity contribution in [3.05, 3.63) is 58.5 Å². The van der Waals surface area contributed by atoms with Crippen molar-refractivity contribution in [2.24, 2.45) is 0 Å². The highest BCUT2D eigenvalue weighted by atomic mass is 32.1. The molecule has 0 aliphatic carbocycles. The van der Waals surface area contributed by atoms with Gasteiger partial charge in [0.1, 0.15) is 16.5 Å². The lowest BCUT2D eigenvalue weighted by Crippen LogP contribution is -2.45. The summed E-state index contributed by atoms with van der Waals surface area (Å²) in [5, 5.41) is 22.2. The van der Waals surface area contributed by atoms with Gasteiger partial charge in [-0.3, -0.25) is 9.69 Å². The van der Waals surface area contributed by atoms with Crippen LogP contribution in [0, 0.1) is 0 Å². The molecule has 1 aliphatic rings. The number of carbonyl (C=O) groups is 1. The maximum atomic E-state index is 12.4. The molecule has 8 nitrogen and oxygen atoms in total. The fourth-order valence-electron chi connectivity index (χ4n) is 3.34. The quantitative estimate of drug-likeness (QED) is 0.628. The van der Waals surface area contributed by atoms with Crippen LogP contribution in [0.3, 0.4) is 0 Å². The Morgan fingerprint density at radius 1 is 1.10 bits per heavy atom. The highest BCUT2D eigenvalue weighted by Gasteiger charge is 2.21. The lowest BCUT2D eigenvalue weighted by molar-refractivity contribution is 0.102. The van der Waals surface area contributed by atoms with Gasteiger partial charge in [-0.25, -0.2) is 0 Å². The van der Waals surface area contributed by atoms with Crippen LogP contribution in [0.1, 0.15) is 14.8 Å². The van der Waals surface area contributed by atoms with Gasteiger partial charge in [0.05, 0.1) is 19.3 Å². The van der Waals surface area contributed by atoms with Gasteiger partial charge < -0.3 is 20.1 Å². The zero-order valence-corrected chi connectivity index (χ0v) is 17.4. The fourth-order valence-corrected chi connectivity index (χ4v) is 4.12. The Hall–Kier alpha value is -3.17. The second kappa shape index (κ2) is 9.10. The van der Waals surface area contributed by atoms with Crippen LogP contribution in [0.25, 0.3) is 0 Å². The van der Waals surface area contributed by atoms with Crippen LogP contribution in [0.5, 0.6) is 11.5 Å². The second-order valence-electron chi connectivity index (χ2n) is 6.94. The van der Waals surface area contributed by atoms with Crippen LogP contribution in [0.2, 0.25) is 0 Å². The normalized spacial score (nSPS) is 14.5. The third-order valence-electron chi connectivity index (χ3n) is 4.96. The van der Waals surface area contributed by atoms with E-state index in [9.17, 15) is 9.90 Å². The zero-order chi connectivity index (χ0) is 20.9. The number of aromatic nitrogens is 2. The minimum absolute atomic E-state index is 0.270. The van der Waals surface area contributed by atoms with Crippen LogP contribution in [-0.4, -0.2) is 59.4 Å². The maximum absolute atomic E-state index is 12.4. The predicted molar refractivity (Wildman–Crippen MR) is 116 cm³/mol. The van der Waals surface area contributed by atoms with Crippen LogP contribution >= 0.6 is 11.3 Å². The molecular formula is C21H23N5O3S. The monoisotopic (exact) mass is 425 g/mol. The highest BCUT2D eigenvalue weighted by Crippen LogP contribution is 2.27. The van der Waals surface area contributed by atoms with Crippen LogP contribution in [0.4, 0.5) is 11.4 Å². The molecule has 0 unspecified atom stereocenters. The Kier molecular flexibility index (Phi) is 6.10. The average Bonchev–Trinajstić information content (AvgIpc) is 3.24. The zero-order valence-electron chi connectivity index (χ0n) is 16.6. The third kappa shape index (κ3) is 4.69. The summed E-state index contributed by atoms with van der Waals surface area (Å²) in [5.74, 6) is 0.768. The summed E-state index contributed by atoms with van der Waals surface area (Å²) in [7, 11) is 1.60. The third-order valence-corrected chi connectivity index (χ3v) is 5.87. The molecule has 1 amide bonds. The van der Waals surface area contributed by atoms with E-state index in [2.05, 4.69) is 25.3 Å². The van der Waals surface area contributed by atoms with Gasteiger partial charge in [-0.05, 0) is 36.4 Å². The molecule has 3 aromatic rings. The van der Waals surface area contributed by atoms with Crippen molar-refractivity contribution >= 4 is 28.6 Å². The number of benzene rings is 2. The van der Waals surface area contributed by atoms with Gasteiger partial charge in [0.25, 0.3) is 5.91 Å². The van der Waals surface area contributed by atoms with E-state index in [1.165, 1.54) is 11.3 Å². The van der Waals surface area contributed by atoms with Gasteiger partial charge >= 0.3 is 0 Å². The summed E-state index contributed by atoms with van der Waals surface area (Å²) in [5.41, 5.74) is 1.54.